The van der Waals surface area contributed by atoms with Gasteiger partial charge in [0.25, 0.3) is 5.91 Å². The molecule has 0 atom stereocenters. The summed E-state index contributed by atoms with van der Waals surface area (Å²) in [5.41, 5.74) is 2.41. The van der Waals surface area contributed by atoms with Crippen molar-refractivity contribution in [2.24, 2.45) is 7.05 Å². The fourth-order valence-corrected chi connectivity index (χ4v) is 3.08. The van der Waals surface area contributed by atoms with Crippen LogP contribution < -0.4 is 4.74 Å². The number of carbonyl (C=O) groups is 1. The molecule has 3 aromatic rings. The van der Waals surface area contributed by atoms with Gasteiger partial charge < -0.3 is 9.64 Å². The van der Waals surface area contributed by atoms with E-state index in [1.807, 2.05) is 38.2 Å². The van der Waals surface area contributed by atoms with Crippen LogP contribution in [0.25, 0.3) is 0 Å². The molecule has 0 aliphatic heterocycles. The number of aryl methyl sites for hydroxylation is 2. The summed E-state index contributed by atoms with van der Waals surface area (Å²) >= 11 is 6.16. The summed E-state index contributed by atoms with van der Waals surface area (Å²) in [6.45, 7) is 2.35. The van der Waals surface area contributed by atoms with Crippen LogP contribution >= 0.6 is 11.6 Å². The third kappa shape index (κ3) is 5.10. The molecule has 3 rings (SSSR count). The minimum absolute atomic E-state index is 0.111. The van der Waals surface area contributed by atoms with Gasteiger partial charge in [-0.05, 0) is 42.8 Å². The highest BCUT2D eigenvalue weighted by Gasteiger charge is 2.19. The van der Waals surface area contributed by atoms with Gasteiger partial charge in [-0.2, -0.15) is 5.10 Å². The highest BCUT2D eigenvalue weighted by molar-refractivity contribution is 6.31. The zero-order valence-electron chi connectivity index (χ0n) is 15.7. The van der Waals surface area contributed by atoms with Crippen LogP contribution in [0.15, 0.2) is 54.6 Å². The normalized spacial score (nSPS) is 10.7. The number of ether oxygens (including phenoxy) is 1. The lowest BCUT2D eigenvalue weighted by atomic mass is 10.2. The quantitative estimate of drug-likeness (QED) is 0.598. The number of amides is 1. The second kappa shape index (κ2) is 8.89. The van der Waals surface area contributed by atoms with Crippen LogP contribution in [-0.4, -0.2) is 27.2 Å². The van der Waals surface area contributed by atoms with E-state index in [-0.39, 0.29) is 24.1 Å². The lowest BCUT2D eigenvalue weighted by Crippen LogP contribution is -2.34. The summed E-state index contributed by atoms with van der Waals surface area (Å²) in [6, 6.07) is 15.2. The van der Waals surface area contributed by atoms with Gasteiger partial charge in [0, 0.05) is 18.6 Å². The van der Waals surface area contributed by atoms with Gasteiger partial charge in [-0.1, -0.05) is 35.9 Å². The fraction of sp³-hybridized carbons (Fsp3) is 0.238. The molecular formula is C21H21ClFN3O2. The van der Waals surface area contributed by atoms with Crippen LogP contribution in [0.5, 0.6) is 5.75 Å². The van der Waals surface area contributed by atoms with Gasteiger partial charge in [-0.25, -0.2) is 4.39 Å². The number of carbonyl (C=O) groups excluding carboxylic acids is 1. The van der Waals surface area contributed by atoms with Crippen molar-refractivity contribution in [3.05, 3.63) is 82.4 Å². The van der Waals surface area contributed by atoms with Crippen molar-refractivity contribution in [3.63, 3.8) is 0 Å². The number of para-hydroxylation sites is 1. The first-order valence-electron chi connectivity index (χ1n) is 8.81. The molecule has 5 nitrogen and oxygen atoms in total. The van der Waals surface area contributed by atoms with Gasteiger partial charge in [0.05, 0.1) is 17.9 Å². The molecule has 0 radical (unpaired) electrons. The van der Waals surface area contributed by atoms with Gasteiger partial charge in [0.2, 0.25) is 0 Å². The molecule has 7 heteroatoms. The van der Waals surface area contributed by atoms with Crippen molar-refractivity contribution in [3.8, 4) is 5.75 Å². The minimum Gasteiger partial charge on any atom is -0.484 e. The lowest BCUT2D eigenvalue weighted by Gasteiger charge is -2.23. The van der Waals surface area contributed by atoms with Crippen molar-refractivity contribution >= 4 is 17.5 Å². The monoisotopic (exact) mass is 401 g/mol. The molecule has 1 heterocycles. The highest BCUT2D eigenvalue weighted by Crippen LogP contribution is 2.21. The van der Waals surface area contributed by atoms with Gasteiger partial charge in [0.15, 0.2) is 6.61 Å². The summed E-state index contributed by atoms with van der Waals surface area (Å²) in [5.74, 6) is -0.00335. The molecule has 0 bridgehead atoms. The maximum absolute atomic E-state index is 13.4. The minimum atomic E-state index is -0.415. The third-order valence-corrected chi connectivity index (χ3v) is 4.64. The molecule has 2 aromatic carbocycles. The summed E-state index contributed by atoms with van der Waals surface area (Å²) < 4.78 is 20.7. The summed E-state index contributed by atoms with van der Waals surface area (Å²) in [4.78, 5) is 14.5. The predicted octanol–water partition coefficient (Wildman–Crippen LogP) is 4.13. The van der Waals surface area contributed by atoms with Crippen molar-refractivity contribution in [1.29, 1.82) is 0 Å². The van der Waals surface area contributed by atoms with Crippen LogP contribution in [0, 0.1) is 12.7 Å². The summed E-state index contributed by atoms with van der Waals surface area (Å²) in [5, 5.41) is 4.61. The van der Waals surface area contributed by atoms with E-state index in [9.17, 15) is 9.18 Å². The fourth-order valence-electron chi connectivity index (χ4n) is 2.85. The molecule has 0 spiro atoms. The molecular weight excluding hydrogens is 381 g/mol. The van der Waals surface area contributed by atoms with Gasteiger partial charge in [-0.15, -0.1) is 0 Å². The van der Waals surface area contributed by atoms with Crippen molar-refractivity contribution in [1.82, 2.24) is 14.7 Å². The first-order valence-corrected chi connectivity index (χ1v) is 9.19. The molecule has 0 saturated carbocycles. The molecule has 1 amide bonds. The Hall–Kier alpha value is -2.86. The zero-order valence-corrected chi connectivity index (χ0v) is 16.5. The van der Waals surface area contributed by atoms with E-state index in [0.29, 0.717) is 17.9 Å². The Bertz CT molecular complexity index is 960. The number of aromatic nitrogens is 2. The molecule has 0 N–H and O–H groups in total. The maximum Gasteiger partial charge on any atom is 0.261 e. The van der Waals surface area contributed by atoms with Gasteiger partial charge in [0.1, 0.15) is 11.6 Å². The largest absolute Gasteiger partial charge is 0.484 e. The molecule has 146 valence electrons. The van der Waals surface area contributed by atoms with Crippen LogP contribution in [-0.2, 0) is 24.9 Å². The predicted molar refractivity (Wildman–Crippen MR) is 106 cm³/mol. The number of hydrogen-bond donors (Lipinski definition) is 0. The second-order valence-electron chi connectivity index (χ2n) is 6.49. The SMILES string of the molecule is Cc1cc(CN(Cc2ccc(F)cc2Cl)C(=O)COc2ccccc2)n(C)n1. The number of benzene rings is 2. The lowest BCUT2D eigenvalue weighted by molar-refractivity contribution is -0.134. The second-order valence-corrected chi connectivity index (χ2v) is 6.90. The Kier molecular flexibility index (Phi) is 6.31. The number of rotatable bonds is 7. The van der Waals surface area contributed by atoms with Gasteiger partial charge >= 0.3 is 0 Å². The number of nitrogens with zero attached hydrogens (tertiary/aromatic N) is 3. The van der Waals surface area contributed by atoms with Crippen molar-refractivity contribution < 1.29 is 13.9 Å². The Labute approximate surface area is 168 Å². The third-order valence-electron chi connectivity index (χ3n) is 4.29. The average Bonchev–Trinajstić information content (AvgIpc) is 2.99. The van der Waals surface area contributed by atoms with E-state index >= 15 is 0 Å². The molecule has 0 aliphatic carbocycles. The summed E-state index contributed by atoms with van der Waals surface area (Å²) in [6.07, 6.45) is 0. The van der Waals surface area contributed by atoms with E-state index in [1.165, 1.54) is 12.1 Å². The standard InChI is InChI=1S/C21H21ClFN3O2/c1-15-10-18(25(2)24-15)13-26(12-16-8-9-17(23)11-20(16)22)21(27)14-28-19-6-4-3-5-7-19/h3-11H,12-14H2,1-2H3. The van der Waals surface area contributed by atoms with E-state index in [1.54, 1.807) is 27.8 Å². The molecule has 0 unspecified atom stereocenters. The number of halogens is 2. The van der Waals surface area contributed by atoms with Crippen molar-refractivity contribution in [2.45, 2.75) is 20.0 Å². The molecule has 28 heavy (non-hydrogen) atoms. The Morgan fingerprint density at radius 1 is 1.18 bits per heavy atom. The van der Waals surface area contributed by atoms with E-state index in [4.69, 9.17) is 16.3 Å². The molecule has 0 saturated heterocycles. The Morgan fingerprint density at radius 3 is 2.57 bits per heavy atom. The topological polar surface area (TPSA) is 47.4 Å². The highest BCUT2D eigenvalue weighted by atomic mass is 35.5. The van der Waals surface area contributed by atoms with E-state index in [2.05, 4.69) is 5.10 Å². The van der Waals surface area contributed by atoms with E-state index in [0.717, 1.165) is 11.4 Å². The van der Waals surface area contributed by atoms with Crippen LogP contribution in [0.4, 0.5) is 4.39 Å². The van der Waals surface area contributed by atoms with Crippen LogP contribution in [0.2, 0.25) is 5.02 Å². The maximum atomic E-state index is 13.4. The summed E-state index contributed by atoms with van der Waals surface area (Å²) in [7, 11) is 1.83. The van der Waals surface area contributed by atoms with Crippen LogP contribution in [0.3, 0.4) is 0 Å². The van der Waals surface area contributed by atoms with Crippen molar-refractivity contribution in [2.75, 3.05) is 6.61 Å². The van der Waals surface area contributed by atoms with Gasteiger partial charge in [-0.3, -0.25) is 9.48 Å². The molecule has 0 fully saturated rings. The zero-order chi connectivity index (χ0) is 20.1. The smallest absolute Gasteiger partial charge is 0.261 e. The first kappa shape index (κ1) is 19.9. The van der Waals surface area contributed by atoms with E-state index < -0.39 is 5.82 Å². The molecule has 0 aliphatic rings. The van der Waals surface area contributed by atoms with Crippen LogP contribution in [0.1, 0.15) is 17.0 Å². The first-order chi connectivity index (χ1) is 13.4. The molecule has 1 aromatic heterocycles. The Balaban J connectivity index is 1.78. The Morgan fingerprint density at radius 2 is 1.93 bits per heavy atom. The average molecular weight is 402 g/mol. The number of hydrogen-bond acceptors (Lipinski definition) is 3.